The Labute approximate surface area is 135 Å². The van der Waals surface area contributed by atoms with E-state index in [4.69, 9.17) is 10.6 Å². The number of thioether (sulfide) groups is 1. The number of esters is 1. The molecule has 6 nitrogen and oxygen atoms in total. The number of nitrogens with zero attached hydrogens (tertiary/aromatic N) is 3. The number of nitrogens with two attached hydrogens (primary N) is 1. The van der Waals surface area contributed by atoms with Crippen molar-refractivity contribution in [3.63, 3.8) is 0 Å². The Balaban J connectivity index is 2.11. The number of benzene rings is 1. The molecule has 21 heavy (non-hydrogen) atoms. The Morgan fingerprint density at radius 1 is 1.43 bits per heavy atom. The minimum Gasteiger partial charge on any atom is -0.462 e. The van der Waals surface area contributed by atoms with Crippen LogP contribution in [-0.2, 0) is 9.53 Å². The van der Waals surface area contributed by atoms with Crippen molar-refractivity contribution in [2.45, 2.75) is 25.1 Å². The number of carbonyl (C=O) groups is 1. The van der Waals surface area contributed by atoms with Crippen LogP contribution in [-0.4, -0.2) is 32.7 Å². The van der Waals surface area contributed by atoms with E-state index in [1.54, 1.807) is 13.8 Å². The van der Waals surface area contributed by atoms with Crippen LogP contribution in [0, 0.1) is 0 Å². The number of nitrogen functional groups attached to an aromatic ring is 1. The lowest BCUT2D eigenvalue weighted by molar-refractivity contribution is -0.144. The fourth-order valence-electron chi connectivity index (χ4n) is 1.62. The third kappa shape index (κ3) is 3.98. The fourth-order valence-corrected chi connectivity index (χ4v) is 2.72. The predicted molar refractivity (Wildman–Crippen MR) is 85.3 cm³/mol. The maximum atomic E-state index is 11.5. The van der Waals surface area contributed by atoms with E-state index in [-0.39, 0.29) is 17.8 Å². The van der Waals surface area contributed by atoms with Gasteiger partial charge in [-0.2, -0.15) is 0 Å². The highest BCUT2D eigenvalue weighted by Gasteiger charge is 2.16. The zero-order chi connectivity index (χ0) is 15.4. The van der Waals surface area contributed by atoms with Gasteiger partial charge >= 0.3 is 5.97 Å². The predicted octanol–water partition coefficient (Wildman–Crippen LogP) is 2.47. The summed E-state index contributed by atoms with van der Waals surface area (Å²) in [5, 5.41) is 8.54. The Morgan fingerprint density at radius 2 is 2.14 bits per heavy atom. The molecule has 0 aliphatic heterocycles. The van der Waals surface area contributed by atoms with Crippen molar-refractivity contribution in [1.82, 2.24) is 14.9 Å². The fraction of sp³-hybridized carbons (Fsp3) is 0.308. The minimum atomic E-state index is -0.305. The van der Waals surface area contributed by atoms with Crippen molar-refractivity contribution >= 4 is 33.7 Å². The van der Waals surface area contributed by atoms with Gasteiger partial charge in [-0.05, 0) is 26.0 Å². The van der Waals surface area contributed by atoms with Crippen molar-refractivity contribution in [2.24, 2.45) is 0 Å². The summed E-state index contributed by atoms with van der Waals surface area (Å²) in [7, 11) is 0. The molecule has 0 amide bonds. The quantitative estimate of drug-likeness (QED) is 0.494. The molecule has 1 aromatic carbocycles. The number of hydrogen-bond donors (Lipinski definition) is 1. The summed E-state index contributed by atoms with van der Waals surface area (Å²) in [6, 6.07) is 7.58. The standard InChI is InChI=1S/C13H15BrN4O2S/c1-8(2)20-11(19)7-21-13-17-16-12(18(13)15)9-5-3-4-6-10(9)14/h3-6,8H,7,15H2,1-2H3. The first-order chi connectivity index (χ1) is 9.99. The Morgan fingerprint density at radius 3 is 2.81 bits per heavy atom. The summed E-state index contributed by atoms with van der Waals surface area (Å²) >= 11 is 4.64. The van der Waals surface area contributed by atoms with E-state index in [1.807, 2.05) is 24.3 Å². The van der Waals surface area contributed by atoms with Crippen molar-refractivity contribution < 1.29 is 9.53 Å². The zero-order valence-corrected chi connectivity index (χ0v) is 14.0. The SMILES string of the molecule is CC(C)OC(=O)CSc1nnc(-c2ccccc2Br)n1N. The molecule has 8 heteroatoms. The van der Waals surface area contributed by atoms with Crippen molar-refractivity contribution in [3.8, 4) is 11.4 Å². The number of ether oxygens (including phenoxy) is 1. The van der Waals surface area contributed by atoms with Crippen molar-refractivity contribution in [3.05, 3.63) is 28.7 Å². The summed E-state index contributed by atoms with van der Waals surface area (Å²) < 4.78 is 7.30. The molecule has 0 fully saturated rings. The Kier molecular flexibility index (Phi) is 5.24. The van der Waals surface area contributed by atoms with E-state index in [0.29, 0.717) is 11.0 Å². The number of hydrogen-bond acceptors (Lipinski definition) is 6. The second kappa shape index (κ2) is 6.95. The number of rotatable bonds is 5. The molecule has 0 bridgehead atoms. The lowest BCUT2D eigenvalue weighted by Crippen LogP contribution is -2.15. The molecule has 112 valence electrons. The first-order valence-electron chi connectivity index (χ1n) is 6.26. The van der Waals surface area contributed by atoms with Crippen molar-refractivity contribution in [1.29, 1.82) is 0 Å². The normalized spacial score (nSPS) is 10.9. The van der Waals surface area contributed by atoms with E-state index in [1.165, 1.54) is 16.4 Å². The molecule has 0 saturated heterocycles. The summed E-state index contributed by atoms with van der Waals surface area (Å²) in [6.07, 6.45) is -0.135. The van der Waals surface area contributed by atoms with E-state index < -0.39 is 0 Å². The smallest absolute Gasteiger partial charge is 0.316 e. The zero-order valence-electron chi connectivity index (χ0n) is 11.6. The van der Waals surface area contributed by atoms with Crippen LogP contribution >= 0.6 is 27.7 Å². The van der Waals surface area contributed by atoms with E-state index in [2.05, 4.69) is 26.1 Å². The lowest BCUT2D eigenvalue weighted by Gasteiger charge is -2.07. The highest BCUT2D eigenvalue weighted by atomic mass is 79.9. The Bertz CT molecular complexity index is 645. The molecule has 0 aliphatic rings. The molecule has 0 aliphatic carbocycles. The van der Waals surface area contributed by atoms with E-state index >= 15 is 0 Å². The van der Waals surface area contributed by atoms with Crippen LogP contribution in [0.4, 0.5) is 0 Å². The van der Waals surface area contributed by atoms with Gasteiger partial charge in [0.25, 0.3) is 0 Å². The van der Waals surface area contributed by atoms with Gasteiger partial charge in [-0.3, -0.25) is 4.79 Å². The van der Waals surface area contributed by atoms with Crippen LogP contribution < -0.4 is 5.84 Å². The van der Waals surface area contributed by atoms with Gasteiger partial charge in [0, 0.05) is 10.0 Å². The van der Waals surface area contributed by atoms with Gasteiger partial charge in [-0.25, -0.2) is 4.68 Å². The van der Waals surface area contributed by atoms with Crippen molar-refractivity contribution in [2.75, 3.05) is 11.6 Å². The molecule has 2 N–H and O–H groups in total. The molecule has 2 aromatic rings. The molecule has 2 rings (SSSR count). The highest BCUT2D eigenvalue weighted by molar-refractivity contribution is 9.10. The highest BCUT2D eigenvalue weighted by Crippen LogP contribution is 2.27. The summed E-state index contributed by atoms with van der Waals surface area (Å²) in [6.45, 7) is 3.61. The summed E-state index contributed by atoms with van der Waals surface area (Å²) in [5.41, 5.74) is 0.837. The molecule has 1 aromatic heterocycles. The maximum Gasteiger partial charge on any atom is 0.316 e. The third-order valence-electron chi connectivity index (χ3n) is 2.47. The van der Waals surface area contributed by atoms with E-state index in [9.17, 15) is 4.79 Å². The first kappa shape index (κ1) is 15.8. The second-order valence-electron chi connectivity index (χ2n) is 4.48. The summed E-state index contributed by atoms with van der Waals surface area (Å²) in [5.74, 6) is 6.36. The number of halogens is 1. The van der Waals surface area contributed by atoms with Crippen LogP contribution in [0.1, 0.15) is 13.8 Å². The average Bonchev–Trinajstić information content (AvgIpc) is 2.77. The Hall–Kier alpha value is -1.54. The average molecular weight is 371 g/mol. The molecule has 1 heterocycles. The van der Waals surface area contributed by atoms with Crippen LogP contribution in [0.3, 0.4) is 0 Å². The largest absolute Gasteiger partial charge is 0.462 e. The van der Waals surface area contributed by atoms with Gasteiger partial charge in [0.1, 0.15) is 0 Å². The molecular formula is C13H15BrN4O2S. The van der Waals surface area contributed by atoms with Crippen LogP contribution in [0.15, 0.2) is 33.9 Å². The van der Waals surface area contributed by atoms with Gasteiger partial charge in [0.2, 0.25) is 5.16 Å². The first-order valence-corrected chi connectivity index (χ1v) is 8.04. The van der Waals surface area contributed by atoms with Crippen LogP contribution in [0.5, 0.6) is 0 Å². The summed E-state index contributed by atoms with van der Waals surface area (Å²) in [4.78, 5) is 11.5. The van der Waals surface area contributed by atoms with Gasteiger partial charge < -0.3 is 10.6 Å². The van der Waals surface area contributed by atoms with Gasteiger partial charge in [-0.15, -0.1) is 10.2 Å². The van der Waals surface area contributed by atoms with Gasteiger partial charge in [-0.1, -0.05) is 39.8 Å². The molecule has 0 atom stereocenters. The topological polar surface area (TPSA) is 83.0 Å². The molecule has 0 unspecified atom stereocenters. The number of aromatic nitrogens is 3. The molecule has 0 saturated carbocycles. The monoisotopic (exact) mass is 370 g/mol. The van der Waals surface area contributed by atoms with Gasteiger partial charge in [0.05, 0.1) is 11.9 Å². The molecular weight excluding hydrogens is 356 g/mol. The number of carbonyl (C=O) groups excluding carboxylic acids is 1. The third-order valence-corrected chi connectivity index (χ3v) is 4.07. The van der Waals surface area contributed by atoms with Crippen LogP contribution in [0.25, 0.3) is 11.4 Å². The maximum absolute atomic E-state index is 11.5. The molecule has 0 spiro atoms. The minimum absolute atomic E-state index is 0.135. The second-order valence-corrected chi connectivity index (χ2v) is 6.28. The van der Waals surface area contributed by atoms with Gasteiger partial charge in [0.15, 0.2) is 5.82 Å². The van der Waals surface area contributed by atoms with E-state index in [0.717, 1.165) is 10.0 Å². The van der Waals surface area contributed by atoms with Crippen LogP contribution in [0.2, 0.25) is 0 Å². The molecule has 0 radical (unpaired) electrons. The lowest BCUT2D eigenvalue weighted by atomic mass is 10.2.